The minimum Gasteiger partial charge on any atom is -0.437 e. The van der Waals surface area contributed by atoms with Crippen LogP contribution < -0.4 is 20.4 Å². The van der Waals surface area contributed by atoms with Crippen molar-refractivity contribution in [2.75, 3.05) is 46.6 Å². The van der Waals surface area contributed by atoms with Crippen LogP contribution in [-0.2, 0) is 19.9 Å². The summed E-state index contributed by atoms with van der Waals surface area (Å²) >= 11 is 0. The maximum atomic E-state index is 14.3. The predicted octanol–water partition coefficient (Wildman–Crippen LogP) is 7.88. The highest BCUT2D eigenvalue weighted by Crippen LogP contribution is 2.52. The maximum Gasteiger partial charge on any atom is 0.360 e. The van der Waals surface area contributed by atoms with Crippen LogP contribution in [0.1, 0.15) is 68.9 Å². The lowest BCUT2D eigenvalue weighted by molar-refractivity contribution is -0.115. The van der Waals surface area contributed by atoms with Crippen molar-refractivity contribution >= 4 is 40.5 Å². The molecule has 0 unspecified atom stereocenters. The minimum absolute atomic E-state index is 0.0433. The van der Waals surface area contributed by atoms with Crippen LogP contribution in [0.15, 0.2) is 97.1 Å². The Labute approximate surface area is 304 Å². The number of hydrogen-bond acceptors (Lipinski definition) is 8. The molecule has 0 aliphatic carbocycles. The molecule has 10 heteroatoms. The first kappa shape index (κ1) is 35.8. The third kappa shape index (κ3) is 6.59. The number of ether oxygens (including phenoxy) is 1. The Morgan fingerprint density at radius 3 is 1.44 bits per heavy atom. The summed E-state index contributed by atoms with van der Waals surface area (Å²) in [5.41, 5.74) is 4.78. The number of esters is 1. The van der Waals surface area contributed by atoms with E-state index >= 15 is 0 Å². The van der Waals surface area contributed by atoms with Crippen molar-refractivity contribution in [3.63, 3.8) is 0 Å². The van der Waals surface area contributed by atoms with Crippen molar-refractivity contribution in [1.82, 2.24) is 9.97 Å². The first-order valence-corrected chi connectivity index (χ1v) is 17.8. The summed E-state index contributed by atoms with van der Waals surface area (Å²) in [6, 6.07) is 30.7. The number of hydrogen-bond donors (Lipinski definition) is 2. The summed E-state index contributed by atoms with van der Waals surface area (Å²) in [5.74, 6) is -1.28. The Balaban J connectivity index is 1.76. The summed E-state index contributed by atoms with van der Waals surface area (Å²) in [5, 5.41) is 6.05. The average molecular weight is 697 g/mol. The van der Waals surface area contributed by atoms with Crippen LogP contribution in [0.2, 0.25) is 0 Å². The molecule has 4 aromatic carbocycles. The number of rotatable bonds is 12. The lowest BCUT2D eigenvalue weighted by atomic mass is 9.80. The Hall–Kier alpha value is -6.03. The number of cyclic esters (lactones) is 1. The molecule has 0 spiro atoms. The monoisotopic (exact) mass is 696 g/mol. The highest BCUT2D eigenvalue weighted by molar-refractivity contribution is 5.99. The molecule has 6 rings (SSSR count). The van der Waals surface area contributed by atoms with E-state index in [0.29, 0.717) is 33.9 Å². The van der Waals surface area contributed by atoms with Crippen LogP contribution in [-0.4, -0.2) is 53.9 Å². The van der Waals surface area contributed by atoms with Crippen molar-refractivity contribution in [1.29, 1.82) is 0 Å². The Kier molecular flexibility index (Phi) is 10.4. The third-order valence-electron chi connectivity index (χ3n) is 9.41. The molecule has 1 aliphatic rings. The summed E-state index contributed by atoms with van der Waals surface area (Å²) < 4.78 is 6.63. The molecule has 10 nitrogen and oxygen atoms in total. The minimum atomic E-state index is -1.74. The summed E-state index contributed by atoms with van der Waals surface area (Å²) in [6.07, 6.45) is 0. The van der Waals surface area contributed by atoms with Gasteiger partial charge in [0.05, 0.1) is 22.8 Å². The number of carbonyl (C=O) groups excluding carboxylic acids is 3. The van der Waals surface area contributed by atoms with E-state index in [9.17, 15) is 14.4 Å². The van der Waals surface area contributed by atoms with Gasteiger partial charge in [-0.15, -0.1) is 0 Å². The largest absolute Gasteiger partial charge is 0.437 e. The standard InChI is InChI=1S/C42H44N6O4/c1-7-47(8-2)31-21-23-33(35(25-31)43-27(5)49)42(34-24-22-32(48(9-3)10-4)26-36(34)44-28(6)50)40-39(41(51)52-42)45-37(29-17-13-11-14-18-29)38(46-40)30-19-15-12-16-20-30/h11-26H,7-10H2,1-6H3,(H,43,49)(H,44,50). The molecule has 0 saturated carbocycles. The van der Waals surface area contributed by atoms with Crippen molar-refractivity contribution in [3.05, 3.63) is 120 Å². The number of nitrogens with one attached hydrogen (secondary N) is 2. The van der Waals surface area contributed by atoms with Crippen LogP contribution in [0.3, 0.4) is 0 Å². The fourth-order valence-electron chi connectivity index (χ4n) is 7.00. The summed E-state index contributed by atoms with van der Waals surface area (Å²) in [6.45, 7) is 14.1. The molecule has 0 saturated heterocycles. The second-order valence-corrected chi connectivity index (χ2v) is 12.6. The van der Waals surface area contributed by atoms with E-state index in [1.165, 1.54) is 13.8 Å². The number of nitrogens with zero attached hydrogens (tertiary/aromatic N) is 4. The normalized spacial score (nSPS) is 12.8. The maximum absolute atomic E-state index is 14.3. The van der Waals surface area contributed by atoms with Crippen LogP contribution in [0, 0.1) is 0 Å². The van der Waals surface area contributed by atoms with Crippen molar-refractivity contribution in [3.8, 4) is 22.5 Å². The van der Waals surface area contributed by atoms with Crippen molar-refractivity contribution < 1.29 is 19.1 Å². The van der Waals surface area contributed by atoms with Gasteiger partial charge in [-0.3, -0.25) is 9.59 Å². The highest BCUT2D eigenvalue weighted by atomic mass is 16.6. The molecule has 0 atom stereocenters. The van der Waals surface area contributed by atoms with E-state index in [0.717, 1.165) is 48.7 Å². The molecule has 52 heavy (non-hydrogen) atoms. The van der Waals surface area contributed by atoms with Crippen molar-refractivity contribution in [2.45, 2.75) is 47.1 Å². The van der Waals surface area contributed by atoms with Crippen LogP contribution in [0.4, 0.5) is 22.7 Å². The molecule has 0 fully saturated rings. The van der Waals surface area contributed by atoms with Crippen molar-refractivity contribution in [2.24, 2.45) is 0 Å². The number of fused-ring (bicyclic) bond motifs is 1. The van der Waals surface area contributed by atoms with Crippen LogP contribution in [0.5, 0.6) is 0 Å². The van der Waals surface area contributed by atoms with Crippen LogP contribution >= 0.6 is 0 Å². The van der Waals surface area contributed by atoms with E-state index in [4.69, 9.17) is 14.7 Å². The first-order chi connectivity index (χ1) is 25.1. The fraction of sp³-hybridized carbons (Fsp3) is 0.262. The van der Waals surface area contributed by atoms with Gasteiger partial charge in [0.15, 0.2) is 5.69 Å². The molecular weight excluding hydrogens is 652 g/mol. The van der Waals surface area contributed by atoms with E-state index < -0.39 is 11.6 Å². The molecule has 1 aliphatic heterocycles. The van der Waals surface area contributed by atoms with Gasteiger partial charge in [0.25, 0.3) is 0 Å². The number of benzene rings is 4. The van der Waals surface area contributed by atoms with Gasteiger partial charge in [0.2, 0.25) is 17.4 Å². The molecule has 1 aromatic heterocycles. The number of aromatic nitrogens is 2. The number of amides is 2. The zero-order chi connectivity index (χ0) is 37.0. The van der Waals surface area contributed by atoms with Crippen LogP contribution in [0.25, 0.3) is 22.5 Å². The quantitative estimate of drug-likeness (QED) is 0.127. The molecule has 5 aromatic rings. The first-order valence-electron chi connectivity index (χ1n) is 17.8. The molecule has 0 radical (unpaired) electrons. The molecule has 0 bridgehead atoms. The smallest absolute Gasteiger partial charge is 0.360 e. The van der Waals surface area contributed by atoms with E-state index in [2.05, 4.69) is 48.1 Å². The van der Waals surface area contributed by atoms with Gasteiger partial charge >= 0.3 is 5.97 Å². The number of anilines is 4. The number of carbonyl (C=O) groups is 3. The topological polar surface area (TPSA) is 117 Å². The second kappa shape index (κ2) is 15.1. The van der Waals surface area contributed by atoms with Gasteiger partial charge in [-0.25, -0.2) is 14.8 Å². The van der Waals surface area contributed by atoms with Gasteiger partial charge in [-0.2, -0.15) is 0 Å². The van der Waals surface area contributed by atoms with E-state index in [1.54, 1.807) is 0 Å². The van der Waals surface area contributed by atoms with Gasteiger partial charge in [0.1, 0.15) is 5.69 Å². The van der Waals surface area contributed by atoms with Gasteiger partial charge in [-0.05, 0) is 52.0 Å². The zero-order valence-electron chi connectivity index (χ0n) is 30.5. The highest BCUT2D eigenvalue weighted by Gasteiger charge is 2.54. The lowest BCUT2D eigenvalue weighted by Gasteiger charge is -2.34. The molecule has 2 heterocycles. The van der Waals surface area contributed by atoms with E-state index in [-0.39, 0.29) is 23.2 Å². The lowest BCUT2D eigenvalue weighted by Crippen LogP contribution is -2.34. The molecule has 266 valence electrons. The van der Waals surface area contributed by atoms with E-state index in [1.807, 2.05) is 97.1 Å². The third-order valence-corrected chi connectivity index (χ3v) is 9.41. The Morgan fingerprint density at radius 2 is 1.04 bits per heavy atom. The Bertz CT molecular complexity index is 2040. The summed E-state index contributed by atoms with van der Waals surface area (Å²) in [7, 11) is 0. The fourth-order valence-corrected chi connectivity index (χ4v) is 7.00. The van der Waals surface area contributed by atoms with Gasteiger partial charge < -0.3 is 25.2 Å². The van der Waals surface area contributed by atoms with Gasteiger partial charge in [-0.1, -0.05) is 72.8 Å². The summed E-state index contributed by atoms with van der Waals surface area (Å²) in [4.78, 5) is 54.8. The second-order valence-electron chi connectivity index (χ2n) is 12.6. The molecule has 2 amide bonds. The Morgan fingerprint density at radius 1 is 0.615 bits per heavy atom. The zero-order valence-corrected chi connectivity index (χ0v) is 30.5. The SMILES string of the molecule is CCN(CC)c1ccc(C2(c3ccc(N(CC)CC)cc3NC(C)=O)OC(=O)c3nc(-c4ccccc4)c(-c4ccccc4)nc32)c(NC(C)=O)c1. The molecular formula is C42H44N6O4. The molecule has 2 N–H and O–H groups in total. The predicted molar refractivity (Wildman–Crippen MR) is 207 cm³/mol. The van der Waals surface area contributed by atoms with Gasteiger partial charge in [0, 0.05) is 73.7 Å². The average Bonchev–Trinajstić information content (AvgIpc) is 3.44.